The SMILES string of the molecule is CC1CCCCN1c1ccc(F)cc1CN. The van der Waals surface area contributed by atoms with Gasteiger partial charge in [-0.3, -0.25) is 0 Å². The van der Waals surface area contributed by atoms with E-state index in [0.29, 0.717) is 12.6 Å². The molecule has 2 nitrogen and oxygen atoms in total. The lowest BCUT2D eigenvalue weighted by molar-refractivity contribution is 0.483. The van der Waals surface area contributed by atoms with E-state index >= 15 is 0 Å². The Balaban J connectivity index is 2.30. The molecule has 1 fully saturated rings. The number of halogens is 1. The number of hydrogen-bond acceptors (Lipinski definition) is 2. The number of benzene rings is 1. The highest BCUT2D eigenvalue weighted by atomic mass is 19.1. The molecule has 0 amide bonds. The van der Waals surface area contributed by atoms with E-state index in [1.165, 1.54) is 25.3 Å². The van der Waals surface area contributed by atoms with Gasteiger partial charge >= 0.3 is 0 Å². The summed E-state index contributed by atoms with van der Waals surface area (Å²) in [6.07, 6.45) is 3.71. The Morgan fingerprint density at radius 3 is 2.94 bits per heavy atom. The van der Waals surface area contributed by atoms with Gasteiger partial charge in [-0.25, -0.2) is 4.39 Å². The van der Waals surface area contributed by atoms with Crippen molar-refractivity contribution < 1.29 is 4.39 Å². The Bertz CT molecular complexity index is 365. The van der Waals surface area contributed by atoms with Gasteiger partial charge in [-0.15, -0.1) is 0 Å². The molecule has 0 aromatic heterocycles. The summed E-state index contributed by atoms with van der Waals surface area (Å²) in [6.45, 7) is 3.68. The topological polar surface area (TPSA) is 29.3 Å². The second-order valence-electron chi connectivity index (χ2n) is 4.52. The van der Waals surface area contributed by atoms with Crippen molar-refractivity contribution >= 4 is 5.69 Å². The van der Waals surface area contributed by atoms with E-state index in [9.17, 15) is 4.39 Å². The second-order valence-corrected chi connectivity index (χ2v) is 4.52. The summed E-state index contributed by atoms with van der Waals surface area (Å²) in [7, 11) is 0. The highest BCUT2D eigenvalue weighted by Gasteiger charge is 2.20. The van der Waals surface area contributed by atoms with E-state index in [1.807, 2.05) is 6.07 Å². The zero-order valence-corrected chi connectivity index (χ0v) is 9.75. The molecule has 1 heterocycles. The van der Waals surface area contributed by atoms with Crippen LogP contribution in [0.15, 0.2) is 18.2 Å². The lowest BCUT2D eigenvalue weighted by Crippen LogP contribution is -2.38. The van der Waals surface area contributed by atoms with Crippen molar-refractivity contribution in [2.75, 3.05) is 11.4 Å². The average molecular weight is 222 g/mol. The van der Waals surface area contributed by atoms with Gasteiger partial charge in [-0.1, -0.05) is 0 Å². The van der Waals surface area contributed by atoms with Crippen LogP contribution in [0.3, 0.4) is 0 Å². The quantitative estimate of drug-likeness (QED) is 0.833. The number of rotatable bonds is 2. The minimum absolute atomic E-state index is 0.200. The van der Waals surface area contributed by atoms with E-state index in [4.69, 9.17) is 5.73 Å². The minimum atomic E-state index is -0.200. The molecule has 0 aliphatic carbocycles. The fourth-order valence-electron chi connectivity index (χ4n) is 2.45. The van der Waals surface area contributed by atoms with Gasteiger partial charge < -0.3 is 10.6 Å². The summed E-state index contributed by atoms with van der Waals surface area (Å²) < 4.78 is 13.1. The standard InChI is InChI=1S/C13H19FN2/c1-10-4-2-3-7-16(10)13-6-5-12(14)8-11(13)9-15/h5-6,8,10H,2-4,7,9,15H2,1H3. The molecule has 0 saturated carbocycles. The first-order chi connectivity index (χ1) is 7.72. The Hall–Kier alpha value is -1.09. The fraction of sp³-hybridized carbons (Fsp3) is 0.538. The molecule has 16 heavy (non-hydrogen) atoms. The average Bonchev–Trinajstić information content (AvgIpc) is 2.30. The van der Waals surface area contributed by atoms with Crippen LogP contribution in [-0.4, -0.2) is 12.6 Å². The molecule has 0 spiro atoms. The highest BCUT2D eigenvalue weighted by molar-refractivity contribution is 5.54. The number of piperidine rings is 1. The van der Waals surface area contributed by atoms with E-state index in [0.717, 1.165) is 17.8 Å². The summed E-state index contributed by atoms with van der Waals surface area (Å²) in [4.78, 5) is 2.35. The predicted octanol–water partition coefficient (Wildman–Crippen LogP) is 2.66. The van der Waals surface area contributed by atoms with Gasteiger partial charge in [-0.05, 0) is 49.9 Å². The third kappa shape index (κ3) is 2.19. The molecule has 1 aliphatic heterocycles. The Labute approximate surface area is 96.2 Å². The van der Waals surface area contributed by atoms with Crippen LogP contribution < -0.4 is 10.6 Å². The monoisotopic (exact) mass is 222 g/mol. The molecule has 2 rings (SSSR count). The van der Waals surface area contributed by atoms with Crippen molar-refractivity contribution in [3.63, 3.8) is 0 Å². The Kier molecular flexibility index (Phi) is 3.44. The lowest BCUT2D eigenvalue weighted by atomic mass is 10.0. The summed E-state index contributed by atoms with van der Waals surface area (Å²) in [5.41, 5.74) is 7.70. The molecule has 2 N–H and O–H groups in total. The van der Waals surface area contributed by atoms with Crippen LogP contribution >= 0.6 is 0 Å². The molecule has 0 radical (unpaired) electrons. The van der Waals surface area contributed by atoms with E-state index in [2.05, 4.69) is 11.8 Å². The Morgan fingerprint density at radius 2 is 2.25 bits per heavy atom. The van der Waals surface area contributed by atoms with Crippen LogP contribution in [0.4, 0.5) is 10.1 Å². The summed E-state index contributed by atoms with van der Waals surface area (Å²) in [6, 6.07) is 5.47. The molecule has 1 aliphatic rings. The summed E-state index contributed by atoms with van der Waals surface area (Å²) in [5.74, 6) is -0.200. The molecule has 88 valence electrons. The highest BCUT2D eigenvalue weighted by Crippen LogP contribution is 2.28. The van der Waals surface area contributed by atoms with Crippen molar-refractivity contribution in [1.82, 2.24) is 0 Å². The molecule has 0 bridgehead atoms. The molecule has 1 aromatic carbocycles. The molecule has 3 heteroatoms. The maximum Gasteiger partial charge on any atom is 0.123 e. The van der Waals surface area contributed by atoms with Crippen molar-refractivity contribution in [1.29, 1.82) is 0 Å². The van der Waals surface area contributed by atoms with Crippen LogP contribution in [0.5, 0.6) is 0 Å². The maximum atomic E-state index is 13.1. The van der Waals surface area contributed by atoms with Gasteiger partial charge in [0.1, 0.15) is 5.82 Å². The third-order valence-electron chi connectivity index (χ3n) is 3.37. The second kappa shape index (κ2) is 4.83. The number of hydrogen-bond donors (Lipinski definition) is 1. The molecule has 1 saturated heterocycles. The van der Waals surface area contributed by atoms with Crippen molar-refractivity contribution in [2.45, 2.75) is 38.8 Å². The van der Waals surface area contributed by atoms with E-state index < -0.39 is 0 Å². The zero-order valence-electron chi connectivity index (χ0n) is 9.75. The number of anilines is 1. The third-order valence-corrected chi connectivity index (χ3v) is 3.37. The van der Waals surface area contributed by atoms with Gasteiger partial charge in [-0.2, -0.15) is 0 Å². The molecule has 1 atom stereocenters. The minimum Gasteiger partial charge on any atom is -0.369 e. The van der Waals surface area contributed by atoms with Crippen LogP contribution in [0, 0.1) is 5.82 Å². The van der Waals surface area contributed by atoms with Crippen molar-refractivity contribution in [3.05, 3.63) is 29.6 Å². The smallest absolute Gasteiger partial charge is 0.123 e. The van der Waals surface area contributed by atoms with Crippen molar-refractivity contribution in [3.8, 4) is 0 Å². The molecule has 1 unspecified atom stereocenters. The van der Waals surface area contributed by atoms with Crippen LogP contribution in [0.2, 0.25) is 0 Å². The van der Waals surface area contributed by atoms with Gasteiger partial charge in [0.15, 0.2) is 0 Å². The molecular formula is C13H19FN2. The van der Waals surface area contributed by atoms with Gasteiger partial charge in [0.25, 0.3) is 0 Å². The van der Waals surface area contributed by atoms with Crippen LogP contribution in [0.1, 0.15) is 31.7 Å². The van der Waals surface area contributed by atoms with Crippen LogP contribution in [-0.2, 0) is 6.54 Å². The maximum absolute atomic E-state index is 13.1. The van der Waals surface area contributed by atoms with Gasteiger partial charge in [0, 0.05) is 24.8 Å². The zero-order chi connectivity index (χ0) is 11.5. The first-order valence-corrected chi connectivity index (χ1v) is 5.97. The normalized spacial score (nSPS) is 21.2. The largest absolute Gasteiger partial charge is 0.369 e. The Morgan fingerprint density at radius 1 is 1.44 bits per heavy atom. The summed E-state index contributed by atoms with van der Waals surface area (Å²) in [5, 5.41) is 0. The van der Waals surface area contributed by atoms with Crippen molar-refractivity contribution in [2.24, 2.45) is 5.73 Å². The number of nitrogens with two attached hydrogens (primary N) is 1. The van der Waals surface area contributed by atoms with Gasteiger partial charge in [0.05, 0.1) is 0 Å². The van der Waals surface area contributed by atoms with Crippen LogP contribution in [0.25, 0.3) is 0 Å². The van der Waals surface area contributed by atoms with E-state index in [1.54, 1.807) is 6.07 Å². The molecule has 1 aromatic rings. The van der Waals surface area contributed by atoms with E-state index in [-0.39, 0.29) is 5.82 Å². The summed E-state index contributed by atoms with van der Waals surface area (Å²) >= 11 is 0. The fourth-order valence-corrected chi connectivity index (χ4v) is 2.45. The van der Waals surface area contributed by atoms with Gasteiger partial charge in [0.2, 0.25) is 0 Å². The lowest BCUT2D eigenvalue weighted by Gasteiger charge is -2.36. The molecular weight excluding hydrogens is 203 g/mol. The first kappa shape index (κ1) is 11.4. The first-order valence-electron chi connectivity index (χ1n) is 5.97. The predicted molar refractivity (Wildman–Crippen MR) is 65.0 cm³/mol. The number of nitrogens with zero attached hydrogens (tertiary/aromatic N) is 1.